The Morgan fingerprint density at radius 2 is 1.82 bits per heavy atom. The molecular formula is C26H26ClN5O2. The predicted octanol–water partition coefficient (Wildman–Crippen LogP) is 4.56. The van der Waals surface area contributed by atoms with Gasteiger partial charge in [0.25, 0.3) is 0 Å². The second kappa shape index (κ2) is 11.4. The number of hydrogen-bond donors (Lipinski definition) is 2. The van der Waals surface area contributed by atoms with Crippen molar-refractivity contribution in [3.05, 3.63) is 107 Å². The van der Waals surface area contributed by atoms with Crippen molar-refractivity contribution in [3.63, 3.8) is 0 Å². The maximum Gasteiger partial charge on any atom is 0.247 e. The summed E-state index contributed by atoms with van der Waals surface area (Å²) in [5.41, 5.74) is 3.00. The van der Waals surface area contributed by atoms with Gasteiger partial charge in [0, 0.05) is 30.4 Å². The first-order valence-corrected chi connectivity index (χ1v) is 11.3. The fourth-order valence-corrected chi connectivity index (χ4v) is 3.60. The van der Waals surface area contributed by atoms with Crippen LogP contribution in [-0.2, 0) is 24.9 Å². The van der Waals surface area contributed by atoms with Crippen LogP contribution in [-0.4, -0.2) is 27.2 Å². The third-order valence-corrected chi connectivity index (χ3v) is 5.47. The first-order chi connectivity index (χ1) is 16.6. The normalized spacial score (nSPS) is 11.7. The van der Waals surface area contributed by atoms with Crippen molar-refractivity contribution in [1.29, 1.82) is 0 Å². The van der Waals surface area contributed by atoms with Crippen LogP contribution < -0.4 is 15.4 Å². The number of amides is 1. The van der Waals surface area contributed by atoms with Gasteiger partial charge in [-0.05, 0) is 41.8 Å². The molecule has 0 aliphatic rings. The van der Waals surface area contributed by atoms with Crippen LogP contribution in [0.5, 0.6) is 5.75 Å². The largest absolute Gasteiger partial charge is 0.487 e. The molecule has 8 heteroatoms. The number of pyridine rings is 1. The molecular weight excluding hydrogens is 450 g/mol. The standard InChI is InChI=1S/C26H26ClN5O2/c1-32-17-20(15-30-32)18-34-23-11-12-24(29-16-23)31-26(33)25(21-5-3-2-4-6-21)28-14-13-19-7-9-22(27)10-8-19/h2-12,15-17,25,28H,13-14,18H2,1H3,(H,29,31,33)/t25-/m0/s1. The molecule has 0 aliphatic carbocycles. The Labute approximate surface area is 203 Å². The maximum absolute atomic E-state index is 13.1. The SMILES string of the molecule is Cn1cc(COc2ccc(NC(=O)[C@@H](NCCc3ccc(Cl)cc3)c3ccccc3)nc2)cn1. The molecule has 0 aliphatic heterocycles. The number of aromatic nitrogens is 3. The molecule has 2 heterocycles. The van der Waals surface area contributed by atoms with E-state index in [-0.39, 0.29) is 5.91 Å². The molecule has 7 nitrogen and oxygen atoms in total. The highest BCUT2D eigenvalue weighted by molar-refractivity contribution is 6.30. The number of anilines is 1. The van der Waals surface area contributed by atoms with Gasteiger partial charge < -0.3 is 15.4 Å². The molecule has 0 saturated heterocycles. The molecule has 4 aromatic rings. The van der Waals surface area contributed by atoms with Gasteiger partial charge in [0.1, 0.15) is 24.2 Å². The Morgan fingerprint density at radius 3 is 2.50 bits per heavy atom. The first-order valence-electron chi connectivity index (χ1n) is 11.0. The van der Waals surface area contributed by atoms with Crippen LogP contribution in [0.15, 0.2) is 85.3 Å². The minimum Gasteiger partial charge on any atom is -0.487 e. The van der Waals surface area contributed by atoms with E-state index in [9.17, 15) is 4.79 Å². The number of benzene rings is 2. The zero-order valence-electron chi connectivity index (χ0n) is 18.8. The summed E-state index contributed by atoms with van der Waals surface area (Å²) in [7, 11) is 1.86. The van der Waals surface area contributed by atoms with Crippen LogP contribution in [0.25, 0.3) is 0 Å². The Kier molecular flexibility index (Phi) is 7.91. The molecule has 34 heavy (non-hydrogen) atoms. The van der Waals surface area contributed by atoms with E-state index in [4.69, 9.17) is 16.3 Å². The van der Waals surface area contributed by atoms with Crippen LogP contribution in [0.4, 0.5) is 5.82 Å². The maximum atomic E-state index is 13.1. The third-order valence-electron chi connectivity index (χ3n) is 5.22. The summed E-state index contributed by atoms with van der Waals surface area (Å²) in [5, 5.41) is 11.1. The second-order valence-corrected chi connectivity index (χ2v) is 8.29. The van der Waals surface area contributed by atoms with Gasteiger partial charge in [-0.2, -0.15) is 5.10 Å². The molecule has 2 aromatic heterocycles. The summed E-state index contributed by atoms with van der Waals surface area (Å²) < 4.78 is 7.46. The highest BCUT2D eigenvalue weighted by Gasteiger charge is 2.20. The number of carbonyl (C=O) groups excluding carboxylic acids is 1. The lowest BCUT2D eigenvalue weighted by atomic mass is 10.1. The molecule has 0 unspecified atom stereocenters. The Morgan fingerprint density at radius 1 is 1.03 bits per heavy atom. The molecule has 0 bridgehead atoms. The van der Waals surface area contributed by atoms with Crippen LogP contribution in [0.3, 0.4) is 0 Å². The molecule has 0 fully saturated rings. The lowest BCUT2D eigenvalue weighted by Crippen LogP contribution is -2.34. The quantitative estimate of drug-likeness (QED) is 0.351. The van der Waals surface area contributed by atoms with Gasteiger partial charge in [-0.25, -0.2) is 4.98 Å². The van der Waals surface area contributed by atoms with Crippen molar-refractivity contribution < 1.29 is 9.53 Å². The number of rotatable bonds is 10. The lowest BCUT2D eigenvalue weighted by Gasteiger charge is -2.19. The van der Waals surface area contributed by atoms with Crippen LogP contribution in [0.2, 0.25) is 5.02 Å². The lowest BCUT2D eigenvalue weighted by molar-refractivity contribution is -0.118. The van der Waals surface area contributed by atoms with Crippen LogP contribution >= 0.6 is 11.6 Å². The van der Waals surface area contributed by atoms with E-state index in [2.05, 4.69) is 20.7 Å². The third kappa shape index (κ3) is 6.66. The zero-order valence-corrected chi connectivity index (χ0v) is 19.6. The summed E-state index contributed by atoms with van der Waals surface area (Å²) in [6.07, 6.45) is 6.02. The van der Waals surface area contributed by atoms with Crippen molar-refractivity contribution >= 4 is 23.3 Å². The summed E-state index contributed by atoms with van der Waals surface area (Å²) in [5.74, 6) is 0.889. The monoisotopic (exact) mass is 475 g/mol. The van der Waals surface area contributed by atoms with Crippen molar-refractivity contribution in [1.82, 2.24) is 20.1 Å². The molecule has 0 radical (unpaired) electrons. The highest BCUT2D eigenvalue weighted by atomic mass is 35.5. The molecule has 1 amide bonds. The van der Waals surface area contributed by atoms with E-state index >= 15 is 0 Å². The van der Waals surface area contributed by atoms with Gasteiger partial charge in [0.2, 0.25) is 5.91 Å². The fourth-order valence-electron chi connectivity index (χ4n) is 3.47. The Balaban J connectivity index is 1.36. The molecule has 4 rings (SSSR count). The fraction of sp³-hybridized carbons (Fsp3) is 0.192. The average Bonchev–Trinajstić information content (AvgIpc) is 3.28. The number of aryl methyl sites for hydroxylation is 1. The Bertz CT molecular complexity index is 1190. The number of nitrogens with zero attached hydrogens (tertiary/aromatic N) is 3. The summed E-state index contributed by atoms with van der Waals surface area (Å²) in [4.78, 5) is 17.5. The van der Waals surface area contributed by atoms with Crippen molar-refractivity contribution in [2.75, 3.05) is 11.9 Å². The second-order valence-electron chi connectivity index (χ2n) is 7.85. The van der Waals surface area contributed by atoms with E-state index < -0.39 is 6.04 Å². The number of ether oxygens (including phenoxy) is 1. The minimum absolute atomic E-state index is 0.182. The molecule has 1 atom stereocenters. The average molecular weight is 476 g/mol. The molecule has 0 spiro atoms. The van der Waals surface area contributed by atoms with Crippen molar-refractivity contribution in [2.45, 2.75) is 19.1 Å². The zero-order chi connectivity index (χ0) is 23.8. The first kappa shape index (κ1) is 23.5. The number of halogens is 1. The van der Waals surface area contributed by atoms with E-state index in [1.807, 2.05) is 67.8 Å². The summed E-state index contributed by atoms with van der Waals surface area (Å²) in [6, 6.07) is 20.3. The number of carbonyl (C=O) groups is 1. The number of hydrogen-bond acceptors (Lipinski definition) is 5. The predicted molar refractivity (Wildman–Crippen MR) is 133 cm³/mol. The van der Waals surface area contributed by atoms with Crippen molar-refractivity contribution in [3.8, 4) is 5.75 Å². The van der Waals surface area contributed by atoms with Crippen LogP contribution in [0, 0.1) is 0 Å². The Hall–Kier alpha value is -3.68. The molecule has 174 valence electrons. The van der Waals surface area contributed by atoms with E-state index in [0.29, 0.717) is 29.7 Å². The van der Waals surface area contributed by atoms with Gasteiger partial charge in [-0.15, -0.1) is 0 Å². The smallest absolute Gasteiger partial charge is 0.247 e. The van der Waals surface area contributed by atoms with Gasteiger partial charge in [0.05, 0.1) is 12.4 Å². The van der Waals surface area contributed by atoms with E-state index in [0.717, 1.165) is 23.1 Å². The topological polar surface area (TPSA) is 81.1 Å². The van der Waals surface area contributed by atoms with Crippen molar-refractivity contribution in [2.24, 2.45) is 7.05 Å². The minimum atomic E-state index is -0.517. The van der Waals surface area contributed by atoms with Gasteiger partial charge in [-0.3, -0.25) is 9.48 Å². The summed E-state index contributed by atoms with van der Waals surface area (Å²) in [6.45, 7) is 1.03. The molecule has 0 saturated carbocycles. The summed E-state index contributed by atoms with van der Waals surface area (Å²) >= 11 is 5.97. The van der Waals surface area contributed by atoms with Gasteiger partial charge in [0.15, 0.2) is 0 Å². The van der Waals surface area contributed by atoms with E-state index in [1.54, 1.807) is 29.2 Å². The van der Waals surface area contributed by atoms with E-state index in [1.165, 1.54) is 0 Å². The van der Waals surface area contributed by atoms with Gasteiger partial charge in [-0.1, -0.05) is 54.1 Å². The van der Waals surface area contributed by atoms with Crippen LogP contribution in [0.1, 0.15) is 22.7 Å². The van der Waals surface area contributed by atoms with Gasteiger partial charge >= 0.3 is 0 Å². The highest BCUT2D eigenvalue weighted by Crippen LogP contribution is 2.18. The number of nitrogens with one attached hydrogen (secondary N) is 2. The molecule has 2 aromatic carbocycles. The molecule has 2 N–H and O–H groups in total.